The Morgan fingerprint density at radius 3 is 2.71 bits per heavy atom. The molecular weight excluding hydrogens is 179 g/mol. The molecule has 1 unspecified atom stereocenters. The third-order valence-corrected chi connectivity index (χ3v) is 1.91. The van der Waals surface area contributed by atoms with Crippen molar-refractivity contribution in [3.63, 3.8) is 0 Å². The summed E-state index contributed by atoms with van der Waals surface area (Å²) in [7, 11) is 0. The summed E-state index contributed by atoms with van der Waals surface area (Å²) in [4.78, 5) is 21.7. The maximum Gasteiger partial charge on any atom is 1.00 e. The summed E-state index contributed by atoms with van der Waals surface area (Å²) >= 11 is 0. The number of benzene rings is 1. The summed E-state index contributed by atoms with van der Waals surface area (Å²) in [5, 5.41) is 8.70. The minimum atomic E-state index is -1.14. The van der Waals surface area contributed by atoms with E-state index in [1.807, 2.05) is 0 Å². The molecule has 0 saturated carbocycles. The van der Waals surface area contributed by atoms with Gasteiger partial charge in [0.1, 0.15) is 0 Å². The van der Waals surface area contributed by atoms with Gasteiger partial charge in [-0.1, -0.05) is 18.2 Å². The molecule has 0 radical (unpaired) electrons. The molecule has 5 heteroatoms. The van der Waals surface area contributed by atoms with Gasteiger partial charge in [0.15, 0.2) is 0 Å². The number of hydrogen-bond donors (Lipinski definition) is 1. The molecule has 0 spiro atoms. The monoisotopic (exact) mass is 186 g/mol. The molecular formula is C9H7LiO4. The molecule has 2 rings (SSSR count). The van der Waals surface area contributed by atoms with E-state index in [2.05, 4.69) is 4.74 Å². The molecule has 0 bridgehead atoms. The Hall–Kier alpha value is -1.24. The van der Waals surface area contributed by atoms with E-state index in [9.17, 15) is 9.59 Å². The smallest absolute Gasteiger partial charge is 1.00 e. The van der Waals surface area contributed by atoms with Gasteiger partial charge in [-0.25, -0.2) is 9.59 Å². The summed E-state index contributed by atoms with van der Waals surface area (Å²) < 4.78 is 4.65. The van der Waals surface area contributed by atoms with Crippen LogP contribution in [0.15, 0.2) is 24.3 Å². The van der Waals surface area contributed by atoms with Gasteiger partial charge in [0.25, 0.3) is 0 Å². The summed E-state index contributed by atoms with van der Waals surface area (Å²) in [6, 6.07) is 6.49. The molecule has 14 heavy (non-hydrogen) atoms. The molecule has 1 aliphatic heterocycles. The van der Waals surface area contributed by atoms with E-state index in [-0.39, 0.29) is 20.3 Å². The van der Waals surface area contributed by atoms with E-state index in [0.717, 1.165) is 0 Å². The van der Waals surface area contributed by atoms with Crippen molar-refractivity contribution < 1.29 is 39.7 Å². The fourth-order valence-electron chi connectivity index (χ4n) is 1.33. The van der Waals surface area contributed by atoms with Crippen LogP contribution in [0.3, 0.4) is 0 Å². The average molecular weight is 186 g/mol. The molecule has 68 valence electrons. The largest absolute Gasteiger partial charge is 1.00 e. The number of fused-ring (bicyclic) bond motifs is 1. The van der Waals surface area contributed by atoms with Crippen LogP contribution >= 0.6 is 0 Å². The van der Waals surface area contributed by atoms with Gasteiger partial charge in [0.2, 0.25) is 6.10 Å². The van der Waals surface area contributed by atoms with Crippen LogP contribution in [0, 0.1) is 0 Å². The first-order valence-corrected chi connectivity index (χ1v) is 3.73. The summed E-state index contributed by atoms with van der Waals surface area (Å²) in [5.41, 5.74) is 0.773. The molecule has 1 aromatic rings. The fourth-order valence-corrected chi connectivity index (χ4v) is 1.33. The van der Waals surface area contributed by atoms with Gasteiger partial charge in [-0.05, 0) is 6.07 Å². The predicted molar refractivity (Wildman–Crippen MR) is 43.3 cm³/mol. The number of rotatable bonds is 1. The number of ether oxygens (including phenoxy) is 1. The number of esters is 1. The minimum absolute atomic E-state index is 0. The quantitative estimate of drug-likeness (QED) is 0.411. The van der Waals surface area contributed by atoms with Crippen molar-refractivity contribution in [2.75, 3.05) is 0 Å². The van der Waals surface area contributed by atoms with E-state index >= 15 is 0 Å². The predicted octanol–water partition coefficient (Wildman–Crippen LogP) is -1.90. The van der Waals surface area contributed by atoms with Gasteiger partial charge in [-0.3, -0.25) is 0 Å². The first-order valence-electron chi connectivity index (χ1n) is 3.73. The van der Waals surface area contributed by atoms with Crippen molar-refractivity contribution >= 4 is 11.9 Å². The molecule has 0 saturated heterocycles. The van der Waals surface area contributed by atoms with Gasteiger partial charge >= 0.3 is 30.8 Å². The Balaban J connectivity index is 0.000000980. The third kappa shape index (κ3) is 1.54. The first-order chi connectivity index (χ1) is 6.20. The van der Waals surface area contributed by atoms with Crippen molar-refractivity contribution in [3.8, 4) is 0 Å². The zero-order chi connectivity index (χ0) is 9.42. The second-order valence-corrected chi connectivity index (χ2v) is 2.71. The van der Waals surface area contributed by atoms with Crippen molar-refractivity contribution in [1.82, 2.24) is 0 Å². The van der Waals surface area contributed by atoms with Crippen LogP contribution in [0.5, 0.6) is 0 Å². The van der Waals surface area contributed by atoms with Crippen molar-refractivity contribution in [3.05, 3.63) is 35.4 Å². The molecule has 0 aromatic heterocycles. The molecule has 1 aliphatic rings. The number of carboxylic acids is 1. The van der Waals surface area contributed by atoms with E-state index in [4.69, 9.17) is 5.11 Å². The van der Waals surface area contributed by atoms with Crippen LogP contribution in [0.4, 0.5) is 0 Å². The van der Waals surface area contributed by atoms with Crippen LogP contribution in [0.25, 0.3) is 0 Å². The normalized spacial score (nSPS) is 18.0. The molecule has 0 aliphatic carbocycles. The maximum absolute atomic E-state index is 11.1. The van der Waals surface area contributed by atoms with Gasteiger partial charge in [-0.2, -0.15) is 0 Å². The number of cyclic esters (lactones) is 1. The molecule has 0 amide bonds. The van der Waals surface area contributed by atoms with Gasteiger partial charge in [0.05, 0.1) is 5.56 Å². The molecule has 1 atom stereocenters. The molecule has 1 aromatic carbocycles. The van der Waals surface area contributed by atoms with Crippen LogP contribution in [0.2, 0.25) is 0 Å². The molecule has 1 heterocycles. The van der Waals surface area contributed by atoms with E-state index in [1.165, 1.54) is 0 Å². The third-order valence-electron chi connectivity index (χ3n) is 1.91. The Bertz CT molecular complexity index is 393. The zero-order valence-corrected chi connectivity index (χ0v) is 7.56. The van der Waals surface area contributed by atoms with Crippen LogP contribution in [-0.2, 0) is 9.53 Å². The Kier molecular flexibility index (Phi) is 2.99. The molecule has 1 N–H and O–H groups in total. The average Bonchev–Trinajstić information content (AvgIpc) is 2.45. The zero-order valence-electron chi connectivity index (χ0n) is 8.56. The van der Waals surface area contributed by atoms with Crippen LogP contribution in [0.1, 0.15) is 23.5 Å². The van der Waals surface area contributed by atoms with Gasteiger partial charge < -0.3 is 11.3 Å². The van der Waals surface area contributed by atoms with E-state index < -0.39 is 18.0 Å². The maximum atomic E-state index is 11.1. The van der Waals surface area contributed by atoms with Gasteiger partial charge in [-0.15, -0.1) is 0 Å². The Labute approximate surface area is 93.5 Å². The second-order valence-electron chi connectivity index (χ2n) is 2.71. The Morgan fingerprint density at radius 2 is 2.07 bits per heavy atom. The number of aliphatic carboxylic acids is 1. The van der Waals surface area contributed by atoms with Crippen molar-refractivity contribution in [1.29, 1.82) is 0 Å². The number of carbonyl (C=O) groups is 2. The first kappa shape index (κ1) is 10.8. The van der Waals surface area contributed by atoms with Crippen LogP contribution < -0.4 is 18.9 Å². The second kappa shape index (κ2) is 3.87. The topological polar surface area (TPSA) is 63.6 Å². The Morgan fingerprint density at radius 1 is 1.43 bits per heavy atom. The van der Waals surface area contributed by atoms with Crippen molar-refractivity contribution in [2.45, 2.75) is 6.10 Å². The summed E-state index contributed by atoms with van der Waals surface area (Å²) in [5.74, 6) is -1.71. The molecule has 0 fully saturated rings. The minimum Gasteiger partial charge on any atom is -1.00 e. The fraction of sp³-hybridized carbons (Fsp3) is 0.111. The number of carboxylic acid groups (broad SMARTS) is 1. The SMILES string of the molecule is O=C1OC(C(=O)O)c2ccccc21.[H-].[Li+]. The number of carbonyl (C=O) groups excluding carboxylic acids is 1. The van der Waals surface area contributed by atoms with Gasteiger partial charge in [0, 0.05) is 5.56 Å². The standard InChI is InChI=1S/C9H6O4.Li.H/c10-8(11)7-5-3-1-2-4-6(5)9(12)13-7;;/h1-4,7H,(H,10,11);;/q;+1;-1. The van der Waals surface area contributed by atoms with E-state index in [0.29, 0.717) is 11.1 Å². The van der Waals surface area contributed by atoms with Crippen molar-refractivity contribution in [2.24, 2.45) is 0 Å². The number of hydrogen-bond acceptors (Lipinski definition) is 3. The summed E-state index contributed by atoms with van der Waals surface area (Å²) in [6.45, 7) is 0. The van der Waals surface area contributed by atoms with E-state index in [1.54, 1.807) is 24.3 Å². The molecule has 4 nitrogen and oxygen atoms in total. The summed E-state index contributed by atoms with van der Waals surface area (Å²) in [6.07, 6.45) is -1.14. The van der Waals surface area contributed by atoms with Crippen LogP contribution in [-0.4, -0.2) is 17.0 Å².